The van der Waals surface area contributed by atoms with Crippen LogP contribution in [-0.2, 0) is 5.41 Å². The Hall–Kier alpha value is -1.64. The van der Waals surface area contributed by atoms with E-state index in [1.807, 2.05) is 10.8 Å². The first-order valence-corrected chi connectivity index (χ1v) is 5.27. The van der Waals surface area contributed by atoms with Crippen molar-refractivity contribution in [2.24, 2.45) is 0 Å². The first kappa shape index (κ1) is 10.9. The molecule has 0 N–H and O–H groups in total. The summed E-state index contributed by atoms with van der Waals surface area (Å²) in [5, 5.41) is 0. The molecular formula is C13H15FN2. The SMILES string of the molecule is CC(C)(C)c1cn(-c2ccc(F)cc2)cn1. The van der Waals surface area contributed by atoms with Crippen LogP contribution >= 0.6 is 0 Å². The molecule has 0 radical (unpaired) electrons. The summed E-state index contributed by atoms with van der Waals surface area (Å²) in [5.41, 5.74) is 1.98. The van der Waals surface area contributed by atoms with Gasteiger partial charge in [0.15, 0.2) is 0 Å². The van der Waals surface area contributed by atoms with Gasteiger partial charge in [-0.05, 0) is 24.3 Å². The lowest BCUT2D eigenvalue weighted by atomic mass is 9.93. The number of hydrogen-bond acceptors (Lipinski definition) is 1. The van der Waals surface area contributed by atoms with Gasteiger partial charge in [0.05, 0.1) is 12.0 Å². The maximum absolute atomic E-state index is 12.8. The highest BCUT2D eigenvalue weighted by atomic mass is 19.1. The fourth-order valence-corrected chi connectivity index (χ4v) is 1.46. The molecule has 2 nitrogen and oxygen atoms in total. The van der Waals surface area contributed by atoms with Gasteiger partial charge in [-0.15, -0.1) is 0 Å². The number of nitrogens with zero attached hydrogens (tertiary/aromatic N) is 2. The Morgan fingerprint density at radius 2 is 1.75 bits per heavy atom. The molecule has 2 aromatic rings. The molecule has 3 heteroatoms. The van der Waals surface area contributed by atoms with Gasteiger partial charge in [-0.3, -0.25) is 0 Å². The molecule has 1 aromatic carbocycles. The molecule has 0 saturated heterocycles. The van der Waals surface area contributed by atoms with Crippen molar-refractivity contribution in [2.45, 2.75) is 26.2 Å². The van der Waals surface area contributed by atoms with Crippen molar-refractivity contribution < 1.29 is 4.39 Å². The van der Waals surface area contributed by atoms with Crippen LogP contribution in [0.4, 0.5) is 4.39 Å². The molecule has 1 aromatic heterocycles. The van der Waals surface area contributed by atoms with Crippen LogP contribution in [0.5, 0.6) is 0 Å². The van der Waals surface area contributed by atoms with Crippen molar-refractivity contribution in [3.63, 3.8) is 0 Å². The van der Waals surface area contributed by atoms with Gasteiger partial charge in [0, 0.05) is 17.3 Å². The van der Waals surface area contributed by atoms with Gasteiger partial charge in [0.2, 0.25) is 0 Å². The molecule has 0 amide bonds. The summed E-state index contributed by atoms with van der Waals surface area (Å²) < 4.78 is 14.7. The fourth-order valence-electron chi connectivity index (χ4n) is 1.46. The number of imidazole rings is 1. The topological polar surface area (TPSA) is 17.8 Å². The average Bonchev–Trinajstić information content (AvgIpc) is 2.67. The molecule has 0 unspecified atom stereocenters. The molecular weight excluding hydrogens is 203 g/mol. The molecule has 0 fully saturated rings. The van der Waals surface area contributed by atoms with E-state index in [2.05, 4.69) is 25.8 Å². The Morgan fingerprint density at radius 3 is 2.25 bits per heavy atom. The quantitative estimate of drug-likeness (QED) is 0.718. The van der Waals surface area contributed by atoms with Gasteiger partial charge in [-0.25, -0.2) is 9.37 Å². The third-order valence-electron chi connectivity index (χ3n) is 2.48. The molecule has 0 atom stereocenters. The lowest BCUT2D eigenvalue weighted by Crippen LogP contribution is -2.11. The van der Waals surface area contributed by atoms with E-state index in [1.165, 1.54) is 12.1 Å². The zero-order chi connectivity index (χ0) is 11.8. The molecule has 16 heavy (non-hydrogen) atoms. The van der Waals surface area contributed by atoms with Crippen LogP contribution < -0.4 is 0 Å². The maximum atomic E-state index is 12.8. The van der Waals surface area contributed by atoms with E-state index >= 15 is 0 Å². The third kappa shape index (κ3) is 2.13. The molecule has 0 spiro atoms. The second-order valence-corrected chi connectivity index (χ2v) is 4.89. The second-order valence-electron chi connectivity index (χ2n) is 4.89. The largest absolute Gasteiger partial charge is 0.306 e. The molecule has 0 aliphatic rings. The molecule has 0 aliphatic carbocycles. The summed E-state index contributed by atoms with van der Waals surface area (Å²) in [6, 6.07) is 6.38. The van der Waals surface area contributed by atoms with Crippen molar-refractivity contribution in [1.82, 2.24) is 9.55 Å². The number of benzene rings is 1. The molecule has 0 aliphatic heterocycles. The minimum absolute atomic E-state index is 0.0330. The number of hydrogen-bond donors (Lipinski definition) is 0. The van der Waals surface area contributed by atoms with E-state index in [0.717, 1.165) is 11.4 Å². The van der Waals surface area contributed by atoms with Gasteiger partial charge in [0.25, 0.3) is 0 Å². The maximum Gasteiger partial charge on any atom is 0.123 e. The number of aromatic nitrogens is 2. The van der Waals surface area contributed by atoms with E-state index in [0.29, 0.717) is 0 Å². The van der Waals surface area contributed by atoms with E-state index < -0.39 is 0 Å². The van der Waals surface area contributed by atoms with E-state index in [-0.39, 0.29) is 11.2 Å². The van der Waals surface area contributed by atoms with Gasteiger partial charge < -0.3 is 4.57 Å². The third-order valence-corrected chi connectivity index (χ3v) is 2.48. The van der Waals surface area contributed by atoms with Crippen molar-refractivity contribution in [3.05, 3.63) is 48.3 Å². The van der Waals surface area contributed by atoms with Crippen molar-refractivity contribution in [3.8, 4) is 5.69 Å². The Bertz CT molecular complexity index is 477. The number of halogens is 1. The first-order chi connectivity index (χ1) is 7.47. The predicted octanol–water partition coefficient (Wildman–Crippen LogP) is 3.31. The molecule has 1 heterocycles. The van der Waals surface area contributed by atoms with Crippen LogP contribution in [0.15, 0.2) is 36.8 Å². The second kappa shape index (κ2) is 3.74. The summed E-state index contributed by atoms with van der Waals surface area (Å²) in [5.74, 6) is -0.222. The summed E-state index contributed by atoms with van der Waals surface area (Å²) in [6.45, 7) is 6.35. The monoisotopic (exact) mass is 218 g/mol. The van der Waals surface area contributed by atoms with Crippen LogP contribution in [0.2, 0.25) is 0 Å². The van der Waals surface area contributed by atoms with Gasteiger partial charge in [-0.1, -0.05) is 20.8 Å². The predicted molar refractivity (Wildman–Crippen MR) is 62.2 cm³/mol. The highest BCUT2D eigenvalue weighted by Gasteiger charge is 2.16. The Labute approximate surface area is 94.8 Å². The molecule has 0 saturated carbocycles. The summed E-state index contributed by atoms with van der Waals surface area (Å²) in [7, 11) is 0. The van der Waals surface area contributed by atoms with Crippen LogP contribution in [0, 0.1) is 5.82 Å². The fraction of sp³-hybridized carbons (Fsp3) is 0.308. The van der Waals surface area contributed by atoms with Gasteiger partial charge >= 0.3 is 0 Å². The van der Waals surface area contributed by atoms with Crippen LogP contribution in [-0.4, -0.2) is 9.55 Å². The van der Waals surface area contributed by atoms with Crippen molar-refractivity contribution >= 4 is 0 Å². The highest BCUT2D eigenvalue weighted by molar-refractivity contribution is 5.32. The molecule has 0 bridgehead atoms. The lowest BCUT2D eigenvalue weighted by Gasteiger charge is -2.14. The zero-order valence-electron chi connectivity index (χ0n) is 9.74. The van der Waals surface area contributed by atoms with Gasteiger partial charge in [-0.2, -0.15) is 0 Å². The summed E-state index contributed by atoms with van der Waals surface area (Å²) >= 11 is 0. The molecule has 2 rings (SSSR count). The molecule has 84 valence electrons. The Balaban J connectivity index is 2.35. The smallest absolute Gasteiger partial charge is 0.123 e. The van der Waals surface area contributed by atoms with E-state index in [1.54, 1.807) is 18.5 Å². The first-order valence-electron chi connectivity index (χ1n) is 5.27. The minimum Gasteiger partial charge on any atom is -0.306 e. The summed E-state index contributed by atoms with van der Waals surface area (Å²) in [6.07, 6.45) is 3.74. The zero-order valence-corrected chi connectivity index (χ0v) is 9.74. The van der Waals surface area contributed by atoms with Crippen LogP contribution in [0.1, 0.15) is 26.5 Å². The Kier molecular flexibility index (Phi) is 2.54. The highest BCUT2D eigenvalue weighted by Crippen LogP contribution is 2.21. The number of rotatable bonds is 1. The minimum atomic E-state index is -0.222. The van der Waals surface area contributed by atoms with Crippen molar-refractivity contribution in [2.75, 3.05) is 0 Å². The Morgan fingerprint density at radius 1 is 1.12 bits per heavy atom. The average molecular weight is 218 g/mol. The van der Waals surface area contributed by atoms with Crippen molar-refractivity contribution in [1.29, 1.82) is 0 Å². The van der Waals surface area contributed by atoms with Gasteiger partial charge in [0.1, 0.15) is 5.82 Å². The lowest BCUT2D eigenvalue weighted by molar-refractivity contribution is 0.572. The van der Waals surface area contributed by atoms with Crippen LogP contribution in [0.25, 0.3) is 5.69 Å². The van der Waals surface area contributed by atoms with E-state index in [4.69, 9.17) is 0 Å². The standard InChI is InChI=1S/C13H15FN2/c1-13(2,3)12-8-16(9-15-12)11-6-4-10(14)5-7-11/h4-9H,1-3H3. The van der Waals surface area contributed by atoms with E-state index in [9.17, 15) is 4.39 Å². The van der Waals surface area contributed by atoms with Crippen LogP contribution in [0.3, 0.4) is 0 Å². The summed E-state index contributed by atoms with van der Waals surface area (Å²) in [4.78, 5) is 4.36. The normalized spacial score (nSPS) is 11.8.